The molecule has 0 bridgehead atoms. The molecule has 4 rings (SSSR count). The fraction of sp³-hybridized carbons (Fsp3) is 0.318. The number of hydrogen-bond donors (Lipinski definition) is 1. The van der Waals surface area contributed by atoms with Crippen LogP contribution in [-0.2, 0) is 6.54 Å². The van der Waals surface area contributed by atoms with E-state index in [9.17, 15) is 9.90 Å². The van der Waals surface area contributed by atoms with Crippen molar-refractivity contribution >= 4 is 23.3 Å². The monoisotopic (exact) mass is 408 g/mol. The Balaban J connectivity index is 1.30. The number of aliphatic hydroxyl groups is 1. The molecule has 1 saturated heterocycles. The van der Waals surface area contributed by atoms with E-state index in [-0.39, 0.29) is 11.8 Å². The van der Waals surface area contributed by atoms with Crippen molar-refractivity contribution in [3.8, 4) is 0 Å². The highest BCUT2D eigenvalue weighted by atomic mass is 32.1. The third kappa shape index (κ3) is 4.81. The molecule has 1 aromatic carbocycles. The molecule has 1 aliphatic rings. The van der Waals surface area contributed by atoms with E-state index in [0.29, 0.717) is 25.3 Å². The summed E-state index contributed by atoms with van der Waals surface area (Å²) in [6.45, 7) is 1.82. The summed E-state index contributed by atoms with van der Waals surface area (Å²) < 4.78 is 1.67. The van der Waals surface area contributed by atoms with Crippen LogP contribution in [-0.4, -0.2) is 44.0 Å². The Morgan fingerprint density at radius 2 is 2.00 bits per heavy atom. The molecule has 1 amide bonds. The molecule has 0 radical (unpaired) electrons. The molecular formula is C22H24N4O2S. The predicted molar refractivity (Wildman–Crippen MR) is 113 cm³/mol. The number of aliphatic hydroxyl groups excluding tert-OH is 1. The number of thiophene rings is 1. The molecule has 29 heavy (non-hydrogen) atoms. The second-order valence-corrected chi connectivity index (χ2v) is 8.21. The average Bonchev–Trinajstić information content (AvgIpc) is 3.46. The summed E-state index contributed by atoms with van der Waals surface area (Å²) in [4.78, 5) is 15.6. The van der Waals surface area contributed by atoms with Crippen molar-refractivity contribution in [1.29, 1.82) is 0 Å². The van der Waals surface area contributed by atoms with Crippen LogP contribution in [0.4, 0.5) is 0 Å². The van der Waals surface area contributed by atoms with Crippen LogP contribution < -0.4 is 0 Å². The number of allylic oxidation sites excluding steroid dienone is 1. The zero-order chi connectivity index (χ0) is 20.1. The van der Waals surface area contributed by atoms with Gasteiger partial charge >= 0.3 is 0 Å². The molecule has 6 nitrogen and oxygen atoms in total. The topological polar surface area (TPSA) is 71.2 Å². The maximum absolute atomic E-state index is 12.7. The summed E-state index contributed by atoms with van der Waals surface area (Å²) in [5.74, 6) is 0.101. The van der Waals surface area contributed by atoms with E-state index in [0.717, 1.165) is 23.3 Å². The molecule has 1 aliphatic heterocycles. The quantitative estimate of drug-likeness (QED) is 0.676. The molecule has 1 atom stereocenters. The largest absolute Gasteiger partial charge is 0.387 e. The molecule has 7 heteroatoms. The van der Waals surface area contributed by atoms with Gasteiger partial charge in [0.15, 0.2) is 5.69 Å². The number of likely N-dealkylation sites (tertiary alicyclic amines) is 1. The summed E-state index contributed by atoms with van der Waals surface area (Å²) in [6, 6.07) is 14.0. The molecule has 3 aromatic rings. The Kier molecular flexibility index (Phi) is 6.17. The highest BCUT2D eigenvalue weighted by Crippen LogP contribution is 2.33. The number of piperidine rings is 1. The van der Waals surface area contributed by atoms with Crippen LogP contribution in [0.3, 0.4) is 0 Å². The number of hydrogen-bond acceptors (Lipinski definition) is 5. The van der Waals surface area contributed by atoms with E-state index in [4.69, 9.17) is 0 Å². The van der Waals surface area contributed by atoms with Gasteiger partial charge in [0.2, 0.25) is 0 Å². The number of rotatable bonds is 6. The van der Waals surface area contributed by atoms with Gasteiger partial charge in [-0.25, -0.2) is 4.68 Å². The van der Waals surface area contributed by atoms with Gasteiger partial charge in [-0.15, -0.1) is 16.4 Å². The number of amides is 1. The molecule has 0 aliphatic carbocycles. The van der Waals surface area contributed by atoms with Crippen molar-refractivity contribution in [1.82, 2.24) is 19.9 Å². The Hall–Kier alpha value is -2.77. The standard InChI is InChI=1S/C22H24N4O2S/c27-21(20-9-5-15-29-20)18-10-13-25(14-11-18)22(28)19-16-26(24-23-19)12-4-8-17-6-2-1-3-7-17/h1-9,15-16,18,21,27H,10-14H2. The third-order valence-electron chi connectivity index (χ3n) is 5.27. The second kappa shape index (κ2) is 9.15. The van der Waals surface area contributed by atoms with E-state index >= 15 is 0 Å². The maximum Gasteiger partial charge on any atom is 0.276 e. The Bertz CT molecular complexity index is 944. The summed E-state index contributed by atoms with van der Waals surface area (Å²) >= 11 is 1.58. The molecular weight excluding hydrogens is 384 g/mol. The van der Waals surface area contributed by atoms with Gasteiger partial charge in [0.1, 0.15) is 0 Å². The lowest BCUT2D eigenvalue weighted by molar-refractivity contribution is 0.0470. The van der Waals surface area contributed by atoms with Crippen molar-refractivity contribution in [3.05, 3.63) is 76.3 Å². The van der Waals surface area contributed by atoms with Gasteiger partial charge in [-0.1, -0.05) is 53.8 Å². The van der Waals surface area contributed by atoms with Gasteiger partial charge < -0.3 is 10.0 Å². The Morgan fingerprint density at radius 3 is 2.72 bits per heavy atom. The number of nitrogens with zero attached hydrogens (tertiary/aromatic N) is 4. The zero-order valence-electron chi connectivity index (χ0n) is 16.1. The summed E-state index contributed by atoms with van der Waals surface area (Å²) in [7, 11) is 0. The highest BCUT2D eigenvalue weighted by molar-refractivity contribution is 7.10. The minimum Gasteiger partial charge on any atom is -0.387 e. The molecule has 1 N–H and O–H groups in total. The van der Waals surface area contributed by atoms with E-state index < -0.39 is 6.10 Å². The molecule has 0 spiro atoms. The summed E-state index contributed by atoms with van der Waals surface area (Å²) in [5.41, 5.74) is 1.49. The number of carbonyl (C=O) groups is 1. The fourth-order valence-corrected chi connectivity index (χ4v) is 4.42. The number of benzene rings is 1. The first-order chi connectivity index (χ1) is 14.2. The third-order valence-corrected chi connectivity index (χ3v) is 6.21. The second-order valence-electron chi connectivity index (χ2n) is 7.23. The number of carbonyl (C=O) groups excluding carboxylic acids is 1. The van der Waals surface area contributed by atoms with Gasteiger partial charge in [0, 0.05) is 18.0 Å². The van der Waals surface area contributed by atoms with Crippen LogP contribution in [0.1, 0.15) is 39.9 Å². The average molecular weight is 409 g/mol. The minimum atomic E-state index is -0.440. The van der Waals surface area contributed by atoms with Gasteiger partial charge in [-0.3, -0.25) is 4.79 Å². The maximum atomic E-state index is 12.7. The van der Waals surface area contributed by atoms with Crippen molar-refractivity contribution < 1.29 is 9.90 Å². The molecule has 1 unspecified atom stereocenters. The van der Waals surface area contributed by atoms with Crippen LogP contribution in [0.5, 0.6) is 0 Å². The summed E-state index contributed by atoms with van der Waals surface area (Å²) in [6.07, 6.45) is 6.86. The van der Waals surface area contributed by atoms with Gasteiger partial charge in [-0.05, 0) is 35.8 Å². The van der Waals surface area contributed by atoms with Gasteiger partial charge in [0.25, 0.3) is 5.91 Å². The van der Waals surface area contributed by atoms with Crippen molar-refractivity contribution in [2.75, 3.05) is 13.1 Å². The van der Waals surface area contributed by atoms with Crippen LogP contribution in [0.25, 0.3) is 6.08 Å². The van der Waals surface area contributed by atoms with E-state index in [1.165, 1.54) is 0 Å². The zero-order valence-corrected chi connectivity index (χ0v) is 16.9. The first kappa shape index (κ1) is 19.5. The lowest BCUT2D eigenvalue weighted by Gasteiger charge is -2.33. The molecule has 3 heterocycles. The van der Waals surface area contributed by atoms with Crippen molar-refractivity contribution in [2.45, 2.75) is 25.5 Å². The van der Waals surface area contributed by atoms with E-state index in [1.807, 2.05) is 64.9 Å². The molecule has 1 fully saturated rings. The smallest absolute Gasteiger partial charge is 0.276 e. The molecule has 150 valence electrons. The SMILES string of the molecule is O=C(c1cn(CC=Cc2ccccc2)nn1)N1CCC(C(O)c2cccs2)CC1. The van der Waals surface area contributed by atoms with Crippen LogP contribution >= 0.6 is 11.3 Å². The fourth-order valence-electron chi connectivity index (χ4n) is 3.62. The predicted octanol–water partition coefficient (Wildman–Crippen LogP) is 3.64. The van der Waals surface area contributed by atoms with Crippen LogP contribution in [0.15, 0.2) is 60.1 Å². The Morgan fingerprint density at radius 1 is 1.21 bits per heavy atom. The van der Waals surface area contributed by atoms with Gasteiger partial charge in [0.05, 0.1) is 18.8 Å². The first-order valence-electron chi connectivity index (χ1n) is 9.83. The highest BCUT2D eigenvalue weighted by Gasteiger charge is 2.30. The van der Waals surface area contributed by atoms with E-state index in [1.54, 1.807) is 22.2 Å². The van der Waals surface area contributed by atoms with E-state index in [2.05, 4.69) is 10.3 Å². The lowest BCUT2D eigenvalue weighted by atomic mass is 9.90. The summed E-state index contributed by atoms with van der Waals surface area (Å²) in [5, 5.41) is 20.6. The van der Waals surface area contributed by atoms with Crippen LogP contribution in [0.2, 0.25) is 0 Å². The molecule has 2 aromatic heterocycles. The van der Waals surface area contributed by atoms with Crippen LogP contribution in [0, 0.1) is 5.92 Å². The number of aromatic nitrogens is 3. The van der Waals surface area contributed by atoms with Crippen molar-refractivity contribution in [3.63, 3.8) is 0 Å². The molecule has 0 saturated carbocycles. The lowest BCUT2D eigenvalue weighted by Crippen LogP contribution is -2.39. The first-order valence-corrected chi connectivity index (χ1v) is 10.7. The van der Waals surface area contributed by atoms with Crippen molar-refractivity contribution in [2.24, 2.45) is 5.92 Å². The minimum absolute atomic E-state index is 0.0904. The normalized spacial score (nSPS) is 16.4. The van der Waals surface area contributed by atoms with Gasteiger partial charge in [-0.2, -0.15) is 0 Å². The Labute approximate surface area is 174 Å².